The molecule has 0 radical (unpaired) electrons. The molecule has 0 atom stereocenters. The molecule has 0 saturated carbocycles. The van der Waals surface area contributed by atoms with E-state index in [9.17, 15) is 0 Å². The van der Waals surface area contributed by atoms with Crippen LogP contribution in [0.4, 0.5) is 0 Å². The molecular weight excluding hydrogens is 441 g/mol. The molecule has 26 heavy (non-hydrogen) atoms. The van der Waals surface area contributed by atoms with Gasteiger partial charge in [0.2, 0.25) is 0 Å². The average Bonchev–Trinajstić information content (AvgIpc) is 2.61. The van der Waals surface area contributed by atoms with Crippen LogP contribution >= 0.6 is 40.7 Å². The lowest BCUT2D eigenvalue weighted by Crippen LogP contribution is -2.19. The van der Waals surface area contributed by atoms with Crippen molar-refractivity contribution in [2.75, 3.05) is 27.2 Å². The maximum Gasteiger partial charge on any atom is 0.175 e. The maximum absolute atomic E-state index is 5.92. The minimum Gasteiger partial charge on any atom is -0.493 e. The lowest BCUT2D eigenvalue weighted by Gasteiger charge is -2.15. The summed E-state index contributed by atoms with van der Waals surface area (Å²) >= 11 is 3.59. The zero-order valence-corrected chi connectivity index (χ0v) is 18.2. The zero-order valence-electron chi connectivity index (χ0n) is 15.0. The van der Waals surface area contributed by atoms with Gasteiger partial charge in [0.15, 0.2) is 11.5 Å². The van der Waals surface area contributed by atoms with Gasteiger partial charge in [-0.1, -0.05) is 6.07 Å². The van der Waals surface area contributed by atoms with E-state index in [0.717, 1.165) is 47.4 Å². The van der Waals surface area contributed by atoms with Gasteiger partial charge in [0, 0.05) is 24.5 Å². The summed E-state index contributed by atoms with van der Waals surface area (Å²) < 4.78 is 12.3. The van der Waals surface area contributed by atoms with E-state index in [1.54, 1.807) is 19.5 Å². The van der Waals surface area contributed by atoms with E-state index >= 15 is 0 Å². The first-order valence-electron chi connectivity index (χ1n) is 7.98. The van der Waals surface area contributed by atoms with Crippen molar-refractivity contribution < 1.29 is 9.47 Å². The lowest BCUT2D eigenvalue weighted by molar-refractivity contribution is 0.282. The standard InChI is InChI=1S/C18H24BrN3O2.2ClH/c1-20-6-4-8-22-12-15-9-16(19)18(17(10-15)23-2)24-13-14-5-3-7-21-11-14;;/h3,5,7,9-11,20,22H,4,6,8,12-13H2,1-2H3;2*1H. The fourth-order valence-corrected chi connectivity index (χ4v) is 2.88. The fourth-order valence-electron chi connectivity index (χ4n) is 2.28. The Morgan fingerprint density at radius 1 is 1.15 bits per heavy atom. The van der Waals surface area contributed by atoms with Crippen molar-refractivity contribution in [1.29, 1.82) is 0 Å². The number of pyridine rings is 1. The quantitative estimate of drug-likeness (QED) is 0.518. The molecule has 2 aromatic rings. The highest BCUT2D eigenvalue weighted by Crippen LogP contribution is 2.37. The van der Waals surface area contributed by atoms with Crippen LogP contribution in [-0.2, 0) is 13.2 Å². The smallest absolute Gasteiger partial charge is 0.175 e. The third-order valence-electron chi connectivity index (χ3n) is 3.50. The summed E-state index contributed by atoms with van der Waals surface area (Å²) in [6, 6.07) is 7.95. The number of benzene rings is 1. The third-order valence-corrected chi connectivity index (χ3v) is 4.09. The Hall–Kier alpha value is -1.05. The summed E-state index contributed by atoms with van der Waals surface area (Å²) in [5, 5.41) is 6.57. The van der Waals surface area contributed by atoms with E-state index in [0.29, 0.717) is 12.4 Å². The van der Waals surface area contributed by atoms with Crippen molar-refractivity contribution in [3.05, 3.63) is 52.3 Å². The Kier molecular flexibility index (Phi) is 13.5. The average molecular weight is 467 g/mol. The summed E-state index contributed by atoms with van der Waals surface area (Å²) in [7, 11) is 3.62. The number of halogens is 3. The van der Waals surface area contributed by atoms with E-state index < -0.39 is 0 Å². The molecule has 0 unspecified atom stereocenters. The number of nitrogens with one attached hydrogen (secondary N) is 2. The second kappa shape index (κ2) is 14.1. The number of nitrogens with zero attached hydrogens (tertiary/aromatic N) is 1. The van der Waals surface area contributed by atoms with Crippen LogP contribution in [0.15, 0.2) is 41.1 Å². The summed E-state index contributed by atoms with van der Waals surface area (Å²) in [4.78, 5) is 4.10. The van der Waals surface area contributed by atoms with Gasteiger partial charge < -0.3 is 20.1 Å². The number of ether oxygens (including phenoxy) is 2. The zero-order chi connectivity index (χ0) is 17.2. The van der Waals surface area contributed by atoms with Gasteiger partial charge in [-0.2, -0.15) is 0 Å². The molecule has 1 aromatic carbocycles. The highest BCUT2D eigenvalue weighted by atomic mass is 79.9. The predicted octanol–water partition coefficient (Wildman–Crippen LogP) is 3.97. The van der Waals surface area contributed by atoms with Crippen molar-refractivity contribution in [3.63, 3.8) is 0 Å². The van der Waals surface area contributed by atoms with Crippen LogP contribution in [-0.4, -0.2) is 32.2 Å². The Labute approximate surface area is 176 Å². The second-order valence-corrected chi connectivity index (χ2v) is 6.25. The highest BCUT2D eigenvalue weighted by Gasteiger charge is 2.12. The number of hydrogen-bond acceptors (Lipinski definition) is 5. The molecule has 2 rings (SSSR count). The molecule has 146 valence electrons. The molecular formula is C18H26BrCl2N3O2. The number of aromatic nitrogens is 1. The van der Waals surface area contributed by atoms with Crippen molar-refractivity contribution >= 4 is 40.7 Å². The van der Waals surface area contributed by atoms with Crippen LogP contribution in [0.3, 0.4) is 0 Å². The van der Waals surface area contributed by atoms with Crippen molar-refractivity contribution in [1.82, 2.24) is 15.6 Å². The fraction of sp³-hybridized carbons (Fsp3) is 0.389. The second-order valence-electron chi connectivity index (χ2n) is 5.39. The number of rotatable bonds is 10. The summed E-state index contributed by atoms with van der Waals surface area (Å²) in [5.41, 5.74) is 2.17. The first kappa shape index (κ1) is 24.9. The minimum absolute atomic E-state index is 0. The predicted molar refractivity (Wildman–Crippen MR) is 114 cm³/mol. The van der Waals surface area contributed by atoms with Crippen LogP contribution < -0.4 is 20.1 Å². The van der Waals surface area contributed by atoms with Gasteiger partial charge in [0.25, 0.3) is 0 Å². The van der Waals surface area contributed by atoms with Crippen molar-refractivity contribution in [2.45, 2.75) is 19.6 Å². The topological polar surface area (TPSA) is 55.4 Å². The monoisotopic (exact) mass is 465 g/mol. The highest BCUT2D eigenvalue weighted by molar-refractivity contribution is 9.10. The molecule has 1 aromatic heterocycles. The van der Waals surface area contributed by atoms with E-state index in [4.69, 9.17) is 9.47 Å². The van der Waals surface area contributed by atoms with Crippen LogP contribution in [0, 0.1) is 0 Å². The Bertz CT molecular complexity index is 633. The van der Waals surface area contributed by atoms with Crippen LogP contribution in [0.5, 0.6) is 11.5 Å². The molecule has 8 heteroatoms. The molecule has 2 N–H and O–H groups in total. The summed E-state index contributed by atoms with van der Waals surface area (Å²) in [6.45, 7) is 3.23. The molecule has 0 aliphatic carbocycles. The summed E-state index contributed by atoms with van der Waals surface area (Å²) in [5.74, 6) is 1.43. The van der Waals surface area contributed by atoms with Gasteiger partial charge in [-0.05, 0) is 66.3 Å². The first-order valence-corrected chi connectivity index (χ1v) is 8.77. The number of methoxy groups -OCH3 is 1. The molecule has 5 nitrogen and oxygen atoms in total. The SMILES string of the molecule is CNCCCNCc1cc(Br)c(OCc2cccnc2)c(OC)c1.Cl.Cl. The van der Waals surface area contributed by atoms with E-state index in [1.165, 1.54) is 0 Å². The van der Waals surface area contributed by atoms with Crippen LogP contribution in [0.2, 0.25) is 0 Å². The van der Waals surface area contributed by atoms with E-state index in [2.05, 4.69) is 37.6 Å². The van der Waals surface area contributed by atoms with Crippen LogP contribution in [0.25, 0.3) is 0 Å². The van der Waals surface area contributed by atoms with Gasteiger partial charge in [-0.25, -0.2) is 0 Å². The largest absolute Gasteiger partial charge is 0.493 e. The van der Waals surface area contributed by atoms with Gasteiger partial charge >= 0.3 is 0 Å². The molecule has 0 aliphatic rings. The normalized spacial score (nSPS) is 9.81. The molecule has 0 amide bonds. The van der Waals surface area contributed by atoms with Crippen molar-refractivity contribution in [3.8, 4) is 11.5 Å². The lowest BCUT2D eigenvalue weighted by atomic mass is 10.2. The Morgan fingerprint density at radius 3 is 2.62 bits per heavy atom. The van der Waals surface area contributed by atoms with Gasteiger partial charge in [-0.15, -0.1) is 24.8 Å². The molecule has 1 heterocycles. The number of hydrogen-bond donors (Lipinski definition) is 2. The molecule has 0 bridgehead atoms. The first-order chi connectivity index (χ1) is 11.7. The van der Waals surface area contributed by atoms with E-state index in [-0.39, 0.29) is 24.8 Å². The van der Waals surface area contributed by atoms with Gasteiger partial charge in [0.05, 0.1) is 11.6 Å². The van der Waals surface area contributed by atoms with Crippen molar-refractivity contribution in [2.24, 2.45) is 0 Å². The Morgan fingerprint density at radius 2 is 1.96 bits per heavy atom. The van der Waals surface area contributed by atoms with E-state index in [1.807, 2.05) is 25.2 Å². The van der Waals surface area contributed by atoms with Gasteiger partial charge in [0.1, 0.15) is 6.61 Å². The molecule has 0 aliphatic heterocycles. The third kappa shape index (κ3) is 8.10. The minimum atomic E-state index is 0. The molecule has 0 spiro atoms. The maximum atomic E-state index is 5.92. The van der Waals surface area contributed by atoms with Gasteiger partial charge in [-0.3, -0.25) is 4.98 Å². The summed E-state index contributed by atoms with van der Waals surface area (Å²) in [6.07, 6.45) is 4.64. The molecule has 0 fully saturated rings. The Balaban J connectivity index is 0.00000312. The van der Waals surface area contributed by atoms with Crippen LogP contribution in [0.1, 0.15) is 17.5 Å². The molecule has 0 saturated heterocycles.